The van der Waals surface area contributed by atoms with E-state index < -0.39 is 0 Å². The Balaban J connectivity index is 2.47. The van der Waals surface area contributed by atoms with Gasteiger partial charge in [0.15, 0.2) is 18.2 Å². The van der Waals surface area contributed by atoms with Crippen molar-refractivity contribution in [3.63, 3.8) is 0 Å². The van der Waals surface area contributed by atoms with Gasteiger partial charge in [0.2, 0.25) is 0 Å². The molecule has 1 aromatic heterocycles. The molecule has 1 aliphatic rings. The fraction of sp³-hybridized carbons (Fsp3) is 0.167. The third kappa shape index (κ3) is 1.51. The zero-order valence-corrected chi connectivity index (χ0v) is 8.55. The highest BCUT2D eigenvalue weighted by Crippen LogP contribution is 2.37. The van der Waals surface area contributed by atoms with Gasteiger partial charge in [0.1, 0.15) is 11.8 Å². The first-order valence-electron chi connectivity index (χ1n) is 3.38. The molecule has 0 radical (unpaired) electrons. The molecule has 13 heavy (non-hydrogen) atoms. The minimum absolute atomic E-state index is 0.0963. The average Bonchev–Trinajstić information content (AvgIpc) is 2.48. The van der Waals surface area contributed by atoms with E-state index in [1.807, 2.05) is 0 Å². The predicted molar refractivity (Wildman–Crippen MR) is 53.9 cm³/mol. The van der Waals surface area contributed by atoms with Gasteiger partial charge >= 0.3 is 0 Å². The van der Waals surface area contributed by atoms with E-state index in [1.54, 1.807) is 6.07 Å². The zero-order chi connectivity index (χ0) is 9.42. The summed E-state index contributed by atoms with van der Waals surface area (Å²) in [5.74, 6) is 0.474. The molecule has 0 saturated heterocycles. The van der Waals surface area contributed by atoms with Gasteiger partial charge in [-0.2, -0.15) is 0 Å². The highest BCUT2D eigenvalue weighted by Gasteiger charge is 2.22. The zero-order valence-electron chi connectivity index (χ0n) is 6.22. The number of halogens is 3. The molecule has 0 atom stereocenters. The van der Waals surface area contributed by atoms with Crippen LogP contribution in [0.25, 0.3) is 0 Å². The van der Waals surface area contributed by atoms with Crippen LogP contribution in [-0.2, 0) is 0 Å². The lowest BCUT2D eigenvalue weighted by Gasteiger charge is -2.08. The van der Waals surface area contributed by atoms with Crippen molar-refractivity contribution in [3.8, 4) is 0 Å². The molecule has 0 saturated carbocycles. The number of nitrogens with one attached hydrogen (secondary N) is 1. The monoisotopic (exact) mass is 239 g/mol. The molecule has 3 nitrogen and oxygen atoms in total. The maximum absolute atomic E-state index is 12.3. The van der Waals surface area contributed by atoms with Gasteiger partial charge in [-0.1, -0.05) is 23.2 Å². The molecule has 70 valence electrons. The Labute approximate surface area is 88.6 Å². The maximum atomic E-state index is 12.3. The lowest BCUT2D eigenvalue weighted by atomic mass is 10.4. The van der Waals surface area contributed by atoms with E-state index in [9.17, 15) is 3.89 Å². The van der Waals surface area contributed by atoms with Crippen LogP contribution in [0.5, 0.6) is 0 Å². The Morgan fingerprint density at radius 3 is 3.08 bits per heavy atom. The van der Waals surface area contributed by atoms with Crippen molar-refractivity contribution in [2.45, 2.75) is 0 Å². The van der Waals surface area contributed by atoms with Gasteiger partial charge in [0.05, 0.1) is 10.7 Å². The molecular formula is C6H4Cl2FN3S. The smallest absolute Gasteiger partial charge is 0.168 e. The molecule has 0 bridgehead atoms. The lowest BCUT2D eigenvalue weighted by molar-refractivity contribution is 0.921. The largest absolute Gasteiger partial charge is 0.364 e. The first-order chi connectivity index (χ1) is 6.22. The topological polar surface area (TPSA) is 28.2 Å². The minimum atomic E-state index is 0.0963. The third-order valence-electron chi connectivity index (χ3n) is 1.65. The SMILES string of the molecule is FSN1CNc2cc(Cl)c(Cl)nc21. The highest BCUT2D eigenvalue weighted by molar-refractivity contribution is 7.95. The molecule has 2 rings (SSSR count). The summed E-state index contributed by atoms with van der Waals surface area (Å²) in [5.41, 5.74) is 0.694. The lowest BCUT2D eigenvalue weighted by Crippen LogP contribution is -2.12. The van der Waals surface area contributed by atoms with Gasteiger partial charge in [-0.05, 0) is 6.07 Å². The predicted octanol–water partition coefficient (Wildman–Crippen LogP) is 3.11. The number of rotatable bonds is 1. The second-order valence-corrected chi connectivity index (χ2v) is 3.76. The van der Waals surface area contributed by atoms with E-state index in [4.69, 9.17) is 23.2 Å². The summed E-state index contributed by atoms with van der Waals surface area (Å²) >= 11 is 11.5. The summed E-state index contributed by atoms with van der Waals surface area (Å²) in [4.78, 5) is 3.94. The summed E-state index contributed by atoms with van der Waals surface area (Å²) in [7, 11) is 0. The highest BCUT2D eigenvalue weighted by atomic mass is 35.5. The first-order valence-corrected chi connectivity index (χ1v) is 4.81. The van der Waals surface area contributed by atoms with Crippen molar-refractivity contribution in [3.05, 3.63) is 16.2 Å². The Morgan fingerprint density at radius 1 is 1.62 bits per heavy atom. The number of hydrogen-bond donors (Lipinski definition) is 1. The maximum Gasteiger partial charge on any atom is 0.168 e. The summed E-state index contributed by atoms with van der Waals surface area (Å²) in [6.45, 7) is 0.361. The van der Waals surface area contributed by atoms with Crippen molar-refractivity contribution in [2.75, 3.05) is 16.3 Å². The Hall–Kier alpha value is -0.390. The van der Waals surface area contributed by atoms with E-state index in [1.165, 1.54) is 4.31 Å². The van der Waals surface area contributed by atoms with E-state index in [2.05, 4.69) is 10.3 Å². The van der Waals surface area contributed by atoms with Crippen molar-refractivity contribution in [2.24, 2.45) is 0 Å². The number of hydrogen-bond acceptors (Lipinski definition) is 4. The molecule has 0 spiro atoms. The molecular weight excluding hydrogens is 236 g/mol. The second-order valence-electron chi connectivity index (χ2n) is 2.41. The molecule has 1 N–H and O–H groups in total. The first kappa shape index (κ1) is 9.18. The van der Waals surface area contributed by atoms with Crippen LogP contribution in [-0.4, -0.2) is 11.7 Å². The van der Waals surface area contributed by atoms with Crippen LogP contribution in [0.15, 0.2) is 6.07 Å². The van der Waals surface area contributed by atoms with Gasteiger partial charge in [0, 0.05) is 0 Å². The van der Waals surface area contributed by atoms with Crippen LogP contribution in [0, 0.1) is 0 Å². The molecule has 0 fully saturated rings. The molecule has 2 heterocycles. The average molecular weight is 240 g/mol. The summed E-state index contributed by atoms with van der Waals surface area (Å²) in [6.07, 6.45) is 0. The number of fused-ring (bicyclic) bond motifs is 1. The van der Waals surface area contributed by atoms with Crippen LogP contribution in [0.2, 0.25) is 10.2 Å². The van der Waals surface area contributed by atoms with E-state index >= 15 is 0 Å². The third-order valence-corrected chi connectivity index (χ3v) is 2.79. The van der Waals surface area contributed by atoms with Gasteiger partial charge in [-0.15, -0.1) is 3.89 Å². The fourth-order valence-corrected chi connectivity index (χ4v) is 1.67. The number of pyridine rings is 1. The van der Waals surface area contributed by atoms with Crippen LogP contribution in [0.3, 0.4) is 0 Å². The van der Waals surface area contributed by atoms with Crippen molar-refractivity contribution >= 4 is 47.0 Å². The quantitative estimate of drug-likeness (QED) is 0.603. The van der Waals surface area contributed by atoms with Crippen LogP contribution in [0.4, 0.5) is 15.4 Å². The number of aromatic nitrogens is 1. The molecule has 1 aromatic rings. The van der Waals surface area contributed by atoms with Crippen LogP contribution < -0.4 is 9.62 Å². The molecule has 1 aliphatic heterocycles. The van der Waals surface area contributed by atoms with Crippen molar-refractivity contribution in [1.82, 2.24) is 4.98 Å². The van der Waals surface area contributed by atoms with Gasteiger partial charge in [0.25, 0.3) is 0 Å². The molecule has 0 unspecified atom stereocenters. The van der Waals surface area contributed by atoms with Gasteiger partial charge < -0.3 is 5.32 Å². The number of anilines is 2. The summed E-state index contributed by atoms with van der Waals surface area (Å²) in [5, 5.41) is 3.47. The molecule has 0 aliphatic carbocycles. The van der Waals surface area contributed by atoms with Crippen molar-refractivity contribution in [1.29, 1.82) is 0 Å². The number of nitrogens with zero attached hydrogens (tertiary/aromatic N) is 2. The van der Waals surface area contributed by atoms with E-state index in [0.29, 0.717) is 23.2 Å². The molecule has 7 heteroatoms. The normalized spacial score (nSPS) is 14.2. The molecule has 0 amide bonds. The molecule has 0 aromatic carbocycles. The Bertz CT molecular complexity index is 349. The van der Waals surface area contributed by atoms with E-state index in [-0.39, 0.29) is 17.5 Å². The van der Waals surface area contributed by atoms with Gasteiger partial charge in [-0.3, -0.25) is 4.31 Å². The standard InChI is InChI=1S/C6H4Cl2FN3S/c7-3-1-4-6(11-5(3)8)12(13-9)2-10-4/h1,10H,2H2. The minimum Gasteiger partial charge on any atom is -0.364 e. The summed E-state index contributed by atoms with van der Waals surface area (Å²) in [6, 6.07) is 1.63. The van der Waals surface area contributed by atoms with Crippen LogP contribution in [0.1, 0.15) is 0 Å². The Kier molecular flexibility index (Phi) is 2.40. The van der Waals surface area contributed by atoms with E-state index in [0.717, 1.165) is 0 Å². The summed E-state index contributed by atoms with van der Waals surface area (Å²) < 4.78 is 13.6. The van der Waals surface area contributed by atoms with Crippen LogP contribution >= 0.6 is 35.5 Å². The Morgan fingerprint density at radius 2 is 2.38 bits per heavy atom. The van der Waals surface area contributed by atoms with Crippen molar-refractivity contribution < 1.29 is 3.89 Å². The van der Waals surface area contributed by atoms with Gasteiger partial charge in [-0.25, -0.2) is 4.98 Å². The fourth-order valence-electron chi connectivity index (χ4n) is 1.07. The second kappa shape index (κ2) is 3.40.